The van der Waals surface area contributed by atoms with Crippen LogP contribution in [0, 0.1) is 0 Å². The van der Waals surface area contributed by atoms with E-state index in [-0.39, 0.29) is 19.1 Å². The Labute approximate surface area is 392 Å². The molecular formula is C54H109N2O6P. The van der Waals surface area contributed by atoms with Gasteiger partial charge in [0.2, 0.25) is 5.91 Å². The molecule has 0 fully saturated rings. The second-order valence-electron chi connectivity index (χ2n) is 20.3. The van der Waals surface area contributed by atoms with E-state index in [1.54, 1.807) is 6.08 Å². The van der Waals surface area contributed by atoms with Crippen LogP contribution in [-0.2, 0) is 18.4 Å². The van der Waals surface area contributed by atoms with Crippen molar-refractivity contribution in [3.63, 3.8) is 0 Å². The zero-order valence-corrected chi connectivity index (χ0v) is 43.7. The van der Waals surface area contributed by atoms with Crippen molar-refractivity contribution in [3.8, 4) is 0 Å². The van der Waals surface area contributed by atoms with Crippen LogP contribution in [0.5, 0.6) is 0 Å². The summed E-state index contributed by atoms with van der Waals surface area (Å²) >= 11 is 0. The molecule has 0 rings (SSSR count). The molecule has 0 aromatic carbocycles. The number of aliphatic hydroxyl groups is 1. The number of carbonyl (C=O) groups excluding carboxylic acids is 1. The number of allylic oxidation sites excluding steroid dienone is 1. The van der Waals surface area contributed by atoms with Gasteiger partial charge in [0.25, 0.3) is 7.82 Å². The molecule has 0 spiro atoms. The average molecular weight is 913 g/mol. The number of rotatable bonds is 51. The van der Waals surface area contributed by atoms with Gasteiger partial charge in [-0.15, -0.1) is 0 Å². The summed E-state index contributed by atoms with van der Waals surface area (Å²) in [4.78, 5) is 25.1. The Balaban J connectivity index is 3.67. The Kier molecular flexibility index (Phi) is 45.8. The zero-order chi connectivity index (χ0) is 46.4. The fourth-order valence-electron chi connectivity index (χ4n) is 8.39. The predicted octanol–water partition coefficient (Wildman–Crippen LogP) is 15.6. The third kappa shape index (κ3) is 49.0. The number of nitrogens with one attached hydrogen (secondary N) is 1. The highest BCUT2D eigenvalue weighted by Crippen LogP contribution is 2.38. The Morgan fingerprint density at radius 2 is 0.857 bits per heavy atom. The molecule has 0 saturated heterocycles. The summed E-state index contributed by atoms with van der Waals surface area (Å²) in [6.45, 7) is 4.56. The lowest BCUT2D eigenvalue weighted by molar-refractivity contribution is -0.870. The predicted molar refractivity (Wildman–Crippen MR) is 270 cm³/mol. The topological polar surface area (TPSA) is 108 Å². The second kappa shape index (κ2) is 46.4. The van der Waals surface area contributed by atoms with Crippen molar-refractivity contribution in [2.75, 3.05) is 40.9 Å². The van der Waals surface area contributed by atoms with Crippen LogP contribution in [0.3, 0.4) is 0 Å². The molecular weight excluding hydrogens is 804 g/mol. The van der Waals surface area contributed by atoms with Crippen molar-refractivity contribution in [2.24, 2.45) is 0 Å². The first-order chi connectivity index (χ1) is 30.5. The normalized spacial score (nSPS) is 14.1. The van der Waals surface area contributed by atoms with Crippen LogP contribution in [0.4, 0.5) is 0 Å². The fraction of sp³-hybridized carbons (Fsp3) is 0.944. The van der Waals surface area contributed by atoms with Crippen molar-refractivity contribution in [3.05, 3.63) is 12.2 Å². The van der Waals surface area contributed by atoms with E-state index in [2.05, 4.69) is 19.2 Å². The number of phosphoric ester groups is 1. The minimum Gasteiger partial charge on any atom is -0.756 e. The third-order valence-electron chi connectivity index (χ3n) is 12.7. The minimum absolute atomic E-state index is 0.000943. The van der Waals surface area contributed by atoms with E-state index in [0.717, 1.165) is 44.9 Å². The van der Waals surface area contributed by atoms with E-state index < -0.39 is 20.0 Å². The van der Waals surface area contributed by atoms with Gasteiger partial charge in [0, 0.05) is 6.42 Å². The maximum Gasteiger partial charge on any atom is 0.268 e. The van der Waals surface area contributed by atoms with Crippen molar-refractivity contribution >= 4 is 13.7 Å². The van der Waals surface area contributed by atoms with Crippen LogP contribution in [0.2, 0.25) is 0 Å². The lowest BCUT2D eigenvalue weighted by Gasteiger charge is -2.29. The molecule has 1 amide bonds. The number of nitrogens with zero attached hydrogens (tertiary/aromatic N) is 1. The summed E-state index contributed by atoms with van der Waals surface area (Å²) in [6, 6.07) is -0.878. The van der Waals surface area contributed by atoms with Crippen LogP contribution in [0.1, 0.15) is 277 Å². The molecule has 0 bridgehead atoms. The maximum atomic E-state index is 12.8. The van der Waals surface area contributed by atoms with E-state index in [1.165, 1.54) is 212 Å². The van der Waals surface area contributed by atoms with Gasteiger partial charge in [0.1, 0.15) is 13.2 Å². The van der Waals surface area contributed by atoms with E-state index in [0.29, 0.717) is 17.4 Å². The van der Waals surface area contributed by atoms with Crippen LogP contribution >= 0.6 is 7.82 Å². The number of hydrogen-bond donors (Lipinski definition) is 2. The first-order valence-electron chi connectivity index (χ1n) is 27.6. The molecule has 3 atom stereocenters. The first kappa shape index (κ1) is 62.2. The van der Waals surface area contributed by atoms with E-state index in [1.807, 2.05) is 27.2 Å². The summed E-state index contributed by atoms with van der Waals surface area (Å²) in [5, 5.41) is 13.6. The Morgan fingerprint density at radius 3 is 1.19 bits per heavy atom. The molecule has 0 aliphatic heterocycles. The van der Waals surface area contributed by atoms with Gasteiger partial charge in [0.05, 0.1) is 39.9 Å². The third-order valence-corrected chi connectivity index (χ3v) is 13.7. The van der Waals surface area contributed by atoms with E-state index in [4.69, 9.17) is 9.05 Å². The Bertz CT molecular complexity index is 1040. The summed E-state index contributed by atoms with van der Waals surface area (Å²) in [5.41, 5.74) is 0. The molecule has 2 N–H and O–H groups in total. The highest BCUT2D eigenvalue weighted by atomic mass is 31.2. The van der Waals surface area contributed by atoms with Crippen LogP contribution in [0.15, 0.2) is 12.2 Å². The minimum atomic E-state index is -4.57. The molecule has 376 valence electrons. The molecule has 0 saturated carbocycles. The molecule has 0 aromatic rings. The van der Waals surface area contributed by atoms with Gasteiger partial charge in [0.15, 0.2) is 0 Å². The standard InChI is InChI=1S/C54H109N2O6P/c1-6-8-10-12-13-14-15-16-17-18-19-20-21-22-23-24-25-26-27-28-29-30-31-32-33-34-35-36-37-38-39-40-41-42-44-46-48-54(58)55-52(53(57)47-45-43-11-9-7-2)51-62-63(59,60)61-50-49-56(3,4)5/h45,47,52-53,57H,6-44,46,48-51H2,1-5H3,(H-,55,58,59,60)/b47-45+. The number of likely N-dealkylation sites (N-methyl/N-ethyl adjacent to an activating group) is 1. The summed E-state index contributed by atoms with van der Waals surface area (Å²) in [7, 11) is 1.27. The average Bonchev–Trinajstić information content (AvgIpc) is 3.24. The van der Waals surface area contributed by atoms with Gasteiger partial charge in [-0.1, -0.05) is 264 Å². The molecule has 0 heterocycles. The van der Waals surface area contributed by atoms with Crippen LogP contribution in [0.25, 0.3) is 0 Å². The molecule has 0 aliphatic carbocycles. The maximum absolute atomic E-state index is 12.8. The summed E-state index contributed by atoms with van der Waals surface area (Å²) in [5.74, 6) is -0.199. The molecule has 0 aromatic heterocycles. The first-order valence-corrected chi connectivity index (χ1v) is 29.0. The number of quaternary nitrogens is 1. The van der Waals surface area contributed by atoms with Crippen molar-refractivity contribution < 1.29 is 32.9 Å². The molecule has 8 nitrogen and oxygen atoms in total. The molecule has 0 aliphatic rings. The van der Waals surface area contributed by atoms with Crippen molar-refractivity contribution in [1.82, 2.24) is 5.32 Å². The van der Waals surface area contributed by atoms with E-state index in [9.17, 15) is 19.4 Å². The Hall–Kier alpha value is -0.760. The molecule has 9 heteroatoms. The SMILES string of the molecule is CCCCC/C=C/C(O)C(COP(=O)([O-])OCC[N+](C)(C)C)NC(=O)CCCCCCCCCCCCCCCCCCCCCCCCCCCCCCCCCCCCCC. The molecule has 63 heavy (non-hydrogen) atoms. The zero-order valence-electron chi connectivity index (χ0n) is 42.8. The van der Waals surface area contributed by atoms with Crippen molar-refractivity contribution in [1.29, 1.82) is 0 Å². The number of amides is 1. The summed E-state index contributed by atoms with van der Waals surface area (Å²) in [6.07, 6.45) is 56.6. The van der Waals surface area contributed by atoms with Gasteiger partial charge in [-0.2, -0.15) is 0 Å². The van der Waals surface area contributed by atoms with Crippen LogP contribution < -0.4 is 10.2 Å². The number of unbranched alkanes of at least 4 members (excludes halogenated alkanes) is 38. The summed E-state index contributed by atoms with van der Waals surface area (Å²) < 4.78 is 23.0. The van der Waals surface area contributed by atoms with Gasteiger partial charge in [-0.25, -0.2) is 0 Å². The lowest BCUT2D eigenvalue weighted by atomic mass is 10.0. The fourth-order valence-corrected chi connectivity index (χ4v) is 9.11. The van der Waals surface area contributed by atoms with E-state index >= 15 is 0 Å². The monoisotopic (exact) mass is 913 g/mol. The van der Waals surface area contributed by atoms with Crippen LogP contribution in [-0.4, -0.2) is 68.5 Å². The molecule has 0 radical (unpaired) electrons. The molecule has 3 unspecified atom stereocenters. The quantitative estimate of drug-likeness (QED) is 0.0272. The van der Waals surface area contributed by atoms with Gasteiger partial charge in [-0.3, -0.25) is 9.36 Å². The van der Waals surface area contributed by atoms with Gasteiger partial charge < -0.3 is 28.8 Å². The number of aliphatic hydroxyl groups excluding tert-OH is 1. The van der Waals surface area contributed by atoms with Gasteiger partial charge >= 0.3 is 0 Å². The Morgan fingerprint density at radius 1 is 0.540 bits per heavy atom. The number of carbonyl (C=O) groups is 1. The lowest BCUT2D eigenvalue weighted by Crippen LogP contribution is -2.45. The highest BCUT2D eigenvalue weighted by Gasteiger charge is 2.23. The number of hydrogen-bond acceptors (Lipinski definition) is 6. The van der Waals surface area contributed by atoms with Gasteiger partial charge in [-0.05, 0) is 19.3 Å². The largest absolute Gasteiger partial charge is 0.756 e. The smallest absolute Gasteiger partial charge is 0.268 e. The highest BCUT2D eigenvalue weighted by molar-refractivity contribution is 7.45. The van der Waals surface area contributed by atoms with Crippen molar-refractivity contribution in [2.45, 2.75) is 289 Å². The second-order valence-corrected chi connectivity index (χ2v) is 21.7. The number of phosphoric acid groups is 1.